The molecule has 2 N–H and O–H groups in total. The van der Waals surface area contributed by atoms with E-state index in [2.05, 4.69) is 49.4 Å². The summed E-state index contributed by atoms with van der Waals surface area (Å²) in [5.41, 5.74) is 7.34. The molecule has 0 heterocycles. The SMILES string of the molecule is CCC[C@H](N)c1ccc2ccccc2c1. The zero-order chi connectivity index (χ0) is 10.7. The Balaban J connectivity index is 2.38. The molecule has 15 heavy (non-hydrogen) atoms. The number of hydrogen-bond donors (Lipinski definition) is 1. The maximum Gasteiger partial charge on any atom is 0.0294 e. The van der Waals surface area contributed by atoms with Crippen LogP contribution in [0.15, 0.2) is 42.5 Å². The second-order valence-electron chi connectivity index (χ2n) is 4.00. The molecule has 1 heteroatoms. The smallest absolute Gasteiger partial charge is 0.0294 e. The van der Waals surface area contributed by atoms with E-state index in [0.717, 1.165) is 12.8 Å². The van der Waals surface area contributed by atoms with Gasteiger partial charge in [0.1, 0.15) is 0 Å². The maximum atomic E-state index is 6.10. The van der Waals surface area contributed by atoms with Crippen molar-refractivity contribution in [3.05, 3.63) is 48.0 Å². The third kappa shape index (κ3) is 2.18. The Hall–Kier alpha value is -1.34. The molecule has 0 aliphatic rings. The maximum absolute atomic E-state index is 6.10. The molecule has 0 saturated heterocycles. The van der Waals surface area contributed by atoms with Gasteiger partial charge in [0.25, 0.3) is 0 Å². The molecule has 0 unspecified atom stereocenters. The lowest BCUT2D eigenvalue weighted by Gasteiger charge is -2.11. The van der Waals surface area contributed by atoms with Gasteiger partial charge in [-0.05, 0) is 28.8 Å². The van der Waals surface area contributed by atoms with Gasteiger partial charge in [-0.1, -0.05) is 49.7 Å². The average Bonchev–Trinajstić information content (AvgIpc) is 2.29. The Labute approximate surface area is 90.9 Å². The van der Waals surface area contributed by atoms with Crippen LogP contribution in [-0.4, -0.2) is 0 Å². The van der Waals surface area contributed by atoms with E-state index in [1.54, 1.807) is 0 Å². The van der Waals surface area contributed by atoms with Gasteiger partial charge in [-0.3, -0.25) is 0 Å². The number of hydrogen-bond acceptors (Lipinski definition) is 1. The predicted octanol–water partition coefficient (Wildman–Crippen LogP) is 3.64. The van der Waals surface area contributed by atoms with Crippen LogP contribution in [0.1, 0.15) is 31.4 Å². The van der Waals surface area contributed by atoms with E-state index in [1.165, 1.54) is 16.3 Å². The van der Waals surface area contributed by atoms with Crippen LogP contribution in [-0.2, 0) is 0 Å². The Morgan fingerprint density at radius 2 is 1.80 bits per heavy atom. The topological polar surface area (TPSA) is 26.0 Å². The lowest BCUT2D eigenvalue weighted by atomic mass is 10.00. The second kappa shape index (κ2) is 4.45. The van der Waals surface area contributed by atoms with Crippen LogP contribution in [0.3, 0.4) is 0 Å². The summed E-state index contributed by atoms with van der Waals surface area (Å²) in [4.78, 5) is 0. The molecule has 2 aromatic rings. The molecule has 78 valence electrons. The highest BCUT2D eigenvalue weighted by atomic mass is 14.6. The first-order valence-corrected chi connectivity index (χ1v) is 5.55. The zero-order valence-electron chi connectivity index (χ0n) is 9.11. The monoisotopic (exact) mass is 199 g/mol. The van der Waals surface area contributed by atoms with Crippen LogP contribution in [0.25, 0.3) is 10.8 Å². The van der Waals surface area contributed by atoms with Gasteiger partial charge < -0.3 is 5.73 Å². The van der Waals surface area contributed by atoms with Gasteiger partial charge in [0, 0.05) is 6.04 Å². The quantitative estimate of drug-likeness (QED) is 0.802. The van der Waals surface area contributed by atoms with Crippen LogP contribution in [0.5, 0.6) is 0 Å². The summed E-state index contributed by atoms with van der Waals surface area (Å²) in [6, 6.07) is 15.1. The average molecular weight is 199 g/mol. The molecule has 0 aliphatic carbocycles. The van der Waals surface area contributed by atoms with E-state index in [4.69, 9.17) is 5.73 Å². The fourth-order valence-electron chi connectivity index (χ4n) is 1.92. The van der Waals surface area contributed by atoms with E-state index >= 15 is 0 Å². The molecule has 0 saturated carbocycles. The van der Waals surface area contributed by atoms with Crippen molar-refractivity contribution >= 4 is 10.8 Å². The molecule has 0 fully saturated rings. The summed E-state index contributed by atoms with van der Waals surface area (Å²) >= 11 is 0. The molecule has 0 aromatic heterocycles. The van der Waals surface area contributed by atoms with Gasteiger partial charge >= 0.3 is 0 Å². The van der Waals surface area contributed by atoms with Crippen molar-refractivity contribution in [2.45, 2.75) is 25.8 Å². The highest BCUT2D eigenvalue weighted by Gasteiger charge is 2.04. The highest BCUT2D eigenvalue weighted by molar-refractivity contribution is 5.83. The summed E-state index contributed by atoms with van der Waals surface area (Å²) in [5, 5.41) is 2.56. The zero-order valence-corrected chi connectivity index (χ0v) is 9.11. The molecular formula is C14H17N. The number of benzene rings is 2. The van der Waals surface area contributed by atoms with Crippen LogP contribution >= 0.6 is 0 Å². The van der Waals surface area contributed by atoms with Gasteiger partial charge in [0.2, 0.25) is 0 Å². The van der Waals surface area contributed by atoms with E-state index in [0.29, 0.717) is 0 Å². The molecule has 0 amide bonds. The minimum absolute atomic E-state index is 0.180. The van der Waals surface area contributed by atoms with Gasteiger partial charge in [-0.15, -0.1) is 0 Å². The van der Waals surface area contributed by atoms with Crippen molar-refractivity contribution in [3.8, 4) is 0 Å². The van der Waals surface area contributed by atoms with Crippen molar-refractivity contribution in [3.63, 3.8) is 0 Å². The largest absolute Gasteiger partial charge is 0.324 e. The molecule has 1 nitrogen and oxygen atoms in total. The molecule has 2 aromatic carbocycles. The summed E-state index contributed by atoms with van der Waals surface area (Å²) in [5.74, 6) is 0. The van der Waals surface area contributed by atoms with Gasteiger partial charge in [0.15, 0.2) is 0 Å². The standard InChI is InChI=1S/C14H17N/c1-2-5-14(15)13-9-8-11-6-3-4-7-12(11)10-13/h3-4,6-10,14H,2,5,15H2,1H3/t14-/m0/s1. The number of nitrogens with two attached hydrogens (primary N) is 1. The normalized spacial score (nSPS) is 12.9. The molecule has 0 radical (unpaired) electrons. The summed E-state index contributed by atoms with van der Waals surface area (Å²) in [6.07, 6.45) is 2.19. The summed E-state index contributed by atoms with van der Waals surface area (Å²) in [7, 11) is 0. The molecular weight excluding hydrogens is 182 g/mol. The first kappa shape index (κ1) is 10.2. The van der Waals surface area contributed by atoms with Crippen molar-refractivity contribution in [1.82, 2.24) is 0 Å². The van der Waals surface area contributed by atoms with E-state index < -0.39 is 0 Å². The van der Waals surface area contributed by atoms with Crippen LogP contribution in [0.4, 0.5) is 0 Å². The Kier molecular flexibility index (Phi) is 3.02. The highest BCUT2D eigenvalue weighted by Crippen LogP contribution is 2.21. The summed E-state index contributed by atoms with van der Waals surface area (Å²) < 4.78 is 0. The fraction of sp³-hybridized carbons (Fsp3) is 0.286. The van der Waals surface area contributed by atoms with Crippen molar-refractivity contribution in [2.75, 3.05) is 0 Å². The number of rotatable bonds is 3. The molecule has 2 rings (SSSR count). The Morgan fingerprint density at radius 1 is 1.07 bits per heavy atom. The van der Waals surface area contributed by atoms with Crippen LogP contribution in [0.2, 0.25) is 0 Å². The molecule has 0 spiro atoms. The first-order chi connectivity index (χ1) is 7.31. The van der Waals surface area contributed by atoms with Crippen LogP contribution in [0, 0.1) is 0 Å². The fourth-order valence-corrected chi connectivity index (χ4v) is 1.92. The third-order valence-electron chi connectivity index (χ3n) is 2.80. The van der Waals surface area contributed by atoms with E-state index in [9.17, 15) is 0 Å². The van der Waals surface area contributed by atoms with Crippen molar-refractivity contribution in [2.24, 2.45) is 5.73 Å². The van der Waals surface area contributed by atoms with E-state index in [1.807, 2.05) is 0 Å². The van der Waals surface area contributed by atoms with Crippen molar-refractivity contribution in [1.29, 1.82) is 0 Å². The molecule has 1 atom stereocenters. The molecule has 0 aliphatic heterocycles. The van der Waals surface area contributed by atoms with Gasteiger partial charge in [-0.2, -0.15) is 0 Å². The van der Waals surface area contributed by atoms with Gasteiger partial charge in [0.05, 0.1) is 0 Å². The Morgan fingerprint density at radius 3 is 2.53 bits per heavy atom. The predicted molar refractivity (Wildman–Crippen MR) is 65.8 cm³/mol. The van der Waals surface area contributed by atoms with Crippen molar-refractivity contribution < 1.29 is 0 Å². The lowest BCUT2D eigenvalue weighted by Crippen LogP contribution is -2.09. The van der Waals surface area contributed by atoms with E-state index in [-0.39, 0.29) is 6.04 Å². The minimum atomic E-state index is 0.180. The minimum Gasteiger partial charge on any atom is -0.324 e. The lowest BCUT2D eigenvalue weighted by molar-refractivity contribution is 0.639. The summed E-state index contributed by atoms with van der Waals surface area (Å²) in [6.45, 7) is 2.17. The Bertz CT molecular complexity index is 448. The number of fused-ring (bicyclic) bond motifs is 1. The van der Waals surface area contributed by atoms with Gasteiger partial charge in [-0.25, -0.2) is 0 Å². The third-order valence-corrected chi connectivity index (χ3v) is 2.80. The molecule has 0 bridgehead atoms. The second-order valence-corrected chi connectivity index (χ2v) is 4.00. The van der Waals surface area contributed by atoms with Crippen LogP contribution < -0.4 is 5.73 Å². The first-order valence-electron chi connectivity index (χ1n) is 5.55.